The van der Waals surface area contributed by atoms with Crippen LogP contribution in [0.15, 0.2) is 85.8 Å². The molecular weight excluding hydrogens is 422 g/mol. The maximum absolute atomic E-state index is 14.5. The molecule has 0 spiro atoms. The lowest BCUT2D eigenvalue weighted by atomic mass is 10.0. The van der Waals surface area contributed by atoms with Gasteiger partial charge in [0.05, 0.1) is 0 Å². The highest BCUT2D eigenvalue weighted by atomic mass is 19.1. The van der Waals surface area contributed by atoms with Gasteiger partial charge in [-0.05, 0) is 38.1 Å². The zero-order valence-electron chi connectivity index (χ0n) is 17.4. The maximum atomic E-state index is 14.5. The Kier molecular flexibility index (Phi) is 8.47. The first kappa shape index (κ1) is 24.1. The van der Waals surface area contributed by atoms with Crippen LogP contribution in [0.25, 0.3) is 11.1 Å². The van der Waals surface area contributed by atoms with Crippen LogP contribution in [0.1, 0.15) is 13.8 Å². The minimum Gasteiger partial charge on any atom is -0.462 e. The van der Waals surface area contributed by atoms with Gasteiger partial charge in [0.2, 0.25) is 0 Å². The third-order valence-electron chi connectivity index (χ3n) is 3.74. The Labute approximate surface area is 183 Å². The van der Waals surface area contributed by atoms with Gasteiger partial charge in [0.15, 0.2) is 0 Å². The summed E-state index contributed by atoms with van der Waals surface area (Å²) in [5.41, 5.74) is 0.437. The number of esters is 2. The lowest BCUT2D eigenvalue weighted by molar-refractivity contribution is -0.134. The average Bonchev–Trinajstić information content (AvgIpc) is 2.74. The summed E-state index contributed by atoms with van der Waals surface area (Å²) in [4.78, 5) is 22.5. The van der Waals surface area contributed by atoms with E-state index in [1.165, 1.54) is 38.1 Å². The van der Waals surface area contributed by atoms with E-state index in [0.717, 1.165) is 37.2 Å². The molecular formula is C24H20F2O6. The van der Waals surface area contributed by atoms with Crippen LogP contribution < -0.4 is 9.47 Å². The molecule has 0 fully saturated rings. The summed E-state index contributed by atoms with van der Waals surface area (Å²) in [6.07, 6.45) is 4.11. The van der Waals surface area contributed by atoms with Crippen molar-refractivity contribution >= 4 is 11.9 Å². The minimum atomic E-state index is -0.728. The molecule has 0 aromatic heterocycles. The second-order valence-electron chi connectivity index (χ2n) is 6.43. The molecule has 0 heterocycles. The van der Waals surface area contributed by atoms with Gasteiger partial charge in [-0.1, -0.05) is 13.2 Å². The van der Waals surface area contributed by atoms with Gasteiger partial charge in [-0.3, -0.25) is 0 Å². The van der Waals surface area contributed by atoms with Crippen molar-refractivity contribution in [3.05, 3.63) is 97.4 Å². The molecule has 2 aromatic rings. The molecule has 0 bridgehead atoms. The summed E-state index contributed by atoms with van der Waals surface area (Å²) in [5.74, 6) is -2.48. The van der Waals surface area contributed by atoms with E-state index >= 15 is 0 Å². The molecule has 32 heavy (non-hydrogen) atoms. The maximum Gasteiger partial charge on any atom is 0.338 e. The van der Waals surface area contributed by atoms with Crippen molar-refractivity contribution in [2.45, 2.75) is 13.8 Å². The fourth-order valence-electron chi connectivity index (χ4n) is 2.17. The molecule has 166 valence electrons. The van der Waals surface area contributed by atoms with Crippen LogP contribution in [0.2, 0.25) is 0 Å². The average molecular weight is 442 g/mol. The molecule has 2 rings (SSSR count). The predicted molar refractivity (Wildman–Crippen MR) is 113 cm³/mol. The van der Waals surface area contributed by atoms with Crippen LogP contribution in [0.3, 0.4) is 0 Å². The van der Waals surface area contributed by atoms with Gasteiger partial charge in [0.1, 0.15) is 48.2 Å². The Bertz CT molecular complexity index is 1010. The van der Waals surface area contributed by atoms with Gasteiger partial charge in [0.25, 0.3) is 0 Å². The molecule has 2 aromatic carbocycles. The number of carbonyl (C=O) groups is 2. The first-order valence-corrected chi connectivity index (χ1v) is 9.15. The summed E-state index contributed by atoms with van der Waals surface area (Å²) < 4.78 is 48.7. The number of hydrogen-bond donors (Lipinski definition) is 0. The van der Waals surface area contributed by atoms with Gasteiger partial charge in [0, 0.05) is 34.4 Å². The molecule has 0 N–H and O–H groups in total. The molecule has 8 heteroatoms. The molecule has 6 nitrogen and oxygen atoms in total. The Morgan fingerprint density at radius 1 is 0.719 bits per heavy atom. The van der Waals surface area contributed by atoms with Crippen molar-refractivity contribution in [3.63, 3.8) is 0 Å². The quantitative estimate of drug-likeness (QED) is 0.287. The Morgan fingerprint density at radius 2 is 1.09 bits per heavy atom. The van der Waals surface area contributed by atoms with E-state index in [1.807, 2.05) is 0 Å². The zero-order valence-corrected chi connectivity index (χ0v) is 17.4. The van der Waals surface area contributed by atoms with E-state index < -0.39 is 23.6 Å². The van der Waals surface area contributed by atoms with Crippen LogP contribution in [-0.2, 0) is 19.1 Å². The molecule has 0 aliphatic heterocycles. The molecule has 0 radical (unpaired) electrons. The Morgan fingerprint density at radius 3 is 1.41 bits per heavy atom. The third-order valence-corrected chi connectivity index (χ3v) is 3.74. The van der Waals surface area contributed by atoms with Crippen LogP contribution in [0, 0.1) is 11.6 Å². The number of halogens is 2. The van der Waals surface area contributed by atoms with Crippen LogP contribution in [-0.4, -0.2) is 11.9 Å². The van der Waals surface area contributed by atoms with E-state index in [1.54, 1.807) is 0 Å². The topological polar surface area (TPSA) is 71.1 Å². The highest BCUT2D eigenvalue weighted by Crippen LogP contribution is 2.30. The lowest BCUT2D eigenvalue weighted by Crippen LogP contribution is -1.99. The van der Waals surface area contributed by atoms with Gasteiger partial charge < -0.3 is 18.9 Å². The molecule has 0 saturated carbocycles. The first-order chi connectivity index (χ1) is 15.2. The van der Waals surface area contributed by atoms with Crippen molar-refractivity contribution in [2.75, 3.05) is 0 Å². The number of rotatable bonds is 9. The SMILES string of the molecule is C=C(C)C(=O)O/C=C\Oc1ccc(-c2ccc(O/C=C\OC(=O)C(=C)C)cc2F)c(F)c1. The lowest BCUT2D eigenvalue weighted by Gasteiger charge is -2.08. The summed E-state index contributed by atoms with van der Waals surface area (Å²) in [6, 6.07) is 7.64. The van der Waals surface area contributed by atoms with Crippen LogP contribution >= 0.6 is 0 Å². The Hall–Kier alpha value is -4.20. The van der Waals surface area contributed by atoms with Gasteiger partial charge in [-0.15, -0.1) is 0 Å². The van der Waals surface area contributed by atoms with Crippen molar-refractivity contribution in [1.82, 2.24) is 0 Å². The molecule has 0 aliphatic rings. The summed E-state index contributed by atoms with van der Waals surface area (Å²) in [7, 11) is 0. The molecule has 0 saturated heterocycles. The van der Waals surface area contributed by atoms with Crippen molar-refractivity contribution in [1.29, 1.82) is 0 Å². The fraction of sp³-hybridized carbons (Fsp3) is 0.0833. The number of hydrogen-bond acceptors (Lipinski definition) is 6. The summed E-state index contributed by atoms with van der Waals surface area (Å²) >= 11 is 0. The van der Waals surface area contributed by atoms with Gasteiger partial charge >= 0.3 is 11.9 Å². The van der Waals surface area contributed by atoms with Crippen LogP contribution in [0.4, 0.5) is 8.78 Å². The van der Waals surface area contributed by atoms with Gasteiger partial charge in [-0.2, -0.15) is 0 Å². The molecule has 0 unspecified atom stereocenters. The monoisotopic (exact) mass is 442 g/mol. The molecule has 0 aliphatic carbocycles. The standard InChI is InChI=1S/C24H20F2O6/c1-15(2)23(27)31-11-9-29-17-5-7-19(21(25)13-17)20-8-6-18(14-22(20)26)30-10-12-32-24(28)16(3)4/h5-14H,1,3H2,2,4H3/b11-9-,12-10-. The number of ether oxygens (including phenoxy) is 4. The van der Waals surface area contributed by atoms with E-state index in [4.69, 9.17) is 18.9 Å². The highest BCUT2D eigenvalue weighted by Gasteiger charge is 2.12. The van der Waals surface area contributed by atoms with E-state index in [9.17, 15) is 18.4 Å². The first-order valence-electron chi connectivity index (χ1n) is 9.15. The predicted octanol–water partition coefficient (Wildman–Crippen LogP) is 5.57. The van der Waals surface area contributed by atoms with Crippen molar-refractivity contribution in [2.24, 2.45) is 0 Å². The third kappa shape index (κ3) is 6.94. The van der Waals surface area contributed by atoms with Crippen LogP contribution in [0.5, 0.6) is 11.5 Å². The number of benzene rings is 2. The van der Waals surface area contributed by atoms with E-state index in [0.29, 0.717) is 0 Å². The van der Waals surface area contributed by atoms with E-state index in [-0.39, 0.29) is 33.8 Å². The molecule has 0 atom stereocenters. The van der Waals surface area contributed by atoms with Gasteiger partial charge in [-0.25, -0.2) is 18.4 Å². The molecule has 0 amide bonds. The Balaban J connectivity index is 2.03. The highest BCUT2D eigenvalue weighted by molar-refractivity contribution is 5.87. The second kappa shape index (κ2) is 11.3. The summed E-state index contributed by atoms with van der Waals surface area (Å²) in [5, 5.41) is 0. The van der Waals surface area contributed by atoms with E-state index in [2.05, 4.69) is 13.2 Å². The largest absolute Gasteiger partial charge is 0.462 e. The normalized spacial score (nSPS) is 10.8. The van der Waals surface area contributed by atoms with Crippen molar-refractivity contribution in [3.8, 4) is 22.6 Å². The second-order valence-corrected chi connectivity index (χ2v) is 6.43. The smallest absolute Gasteiger partial charge is 0.338 e. The van der Waals surface area contributed by atoms with Crippen molar-refractivity contribution < 1.29 is 37.3 Å². The minimum absolute atomic E-state index is 0.00465. The number of carbonyl (C=O) groups excluding carboxylic acids is 2. The summed E-state index contributed by atoms with van der Waals surface area (Å²) in [6.45, 7) is 9.82. The fourth-order valence-corrected chi connectivity index (χ4v) is 2.17. The zero-order chi connectivity index (χ0) is 23.7.